The molecule has 3 heteroatoms. The minimum atomic E-state index is -0.532. The Morgan fingerprint density at radius 1 is 1.50 bits per heavy atom. The van der Waals surface area contributed by atoms with E-state index in [0.29, 0.717) is 13.2 Å². The Hall–Kier alpha value is -0.560. The summed E-state index contributed by atoms with van der Waals surface area (Å²) in [4.78, 5) is 0. The van der Waals surface area contributed by atoms with E-state index in [1.807, 2.05) is 0 Å². The van der Waals surface area contributed by atoms with E-state index in [0.717, 1.165) is 12.8 Å². The summed E-state index contributed by atoms with van der Waals surface area (Å²) in [5.41, 5.74) is 0. The third-order valence-electron chi connectivity index (χ3n) is 1.51. The van der Waals surface area contributed by atoms with Crippen molar-refractivity contribution in [3.63, 3.8) is 0 Å². The lowest BCUT2D eigenvalue weighted by Gasteiger charge is -2.04. The van der Waals surface area contributed by atoms with E-state index >= 15 is 0 Å². The number of aliphatic hydroxyl groups excluding tert-OH is 1. The second kappa shape index (κ2) is 5.15. The van der Waals surface area contributed by atoms with Crippen molar-refractivity contribution in [3.05, 3.63) is 0 Å². The Balaban J connectivity index is 2.06. The second-order valence-corrected chi connectivity index (χ2v) is 2.71. The van der Waals surface area contributed by atoms with Crippen LogP contribution in [-0.4, -0.2) is 30.7 Å². The summed E-state index contributed by atoms with van der Waals surface area (Å²) in [5, 5.41) is 8.81. The predicted octanol–water partition coefficient (Wildman–Crippen LogP) is 0.524. The highest BCUT2D eigenvalue weighted by Gasteiger charge is 2.13. The first-order chi connectivity index (χ1) is 5.79. The van der Waals surface area contributed by atoms with E-state index in [9.17, 15) is 0 Å². The molecule has 0 spiro atoms. The Morgan fingerprint density at radius 3 is 2.75 bits per heavy atom. The molecule has 1 heterocycles. The molecule has 1 N–H and O–H groups in total. The van der Waals surface area contributed by atoms with Crippen LogP contribution in [-0.2, 0) is 9.47 Å². The molecule has 12 heavy (non-hydrogen) atoms. The summed E-state index contributed by atoms with van der Waals surface area (Å²) < 4.78 is 10.4. The fourth-order valence-corrected chi connectivity index (χ4v) is 0.984. The van der Waals surface area contributed by atoms with Crippen molar-refractivity contribution >= 4 is 0 Å². The second-order valence-electron chi connectivity index (χ2n) is 2.71. The fraction of sp³-hybridized carbons (Fsp3) is 0.778. The third-order valence-corrected chi connectivity index (χ3v) is 1.51. The topological polar surface area (TPSA) is 38.7 Å². The smallest absolute Gasteiger partial charge is 0.158 e. The van der Waals surface area contributed by atoms with Gasteiger partial charge in [0.2, 0.25) is 0 Å². The molecular weight excluding hydrogens is 156 g/mol. The van der Waals surface area contributed by atoms with Crippen molar-refractivity contribution in [2.75, 3.05) is 13.2 Å². The normalized spacial score (nSPS) is 20.2. The van der Waals surface area contributed by atoms with Gasteiger partial charge in [0.05, 0.1) is 13.2 Å². The van der Waals surface area contributed by atoms with Crippen molar-refractivity contribution in [2.45, 2.75) is 32.2 Å². The highest BCUT2D eigenvalue weighted by atomic mass is 16.7. The van der Waals surface area contributed by atoms with E-state index in [-0.39, 0.29) is 6.29 Å². The van der Waals surface area contributed by atoms with Crippen LogP contribution in [0.25, 0.3) is 0 Å². The molecule has 1 aliphatic rings. The van der Waals surface area contributed by atoms with Gasteiger partial charge in [-0.2, -0.15) is 0 Å². The predicted molar refractivity (Wildman–Crippen MR) is 44.4 cm³/mol. The van der Waals surface area contributed by atoms with Gasteiger partial charge in [-0.25, -0.2) is 0 Å². The van der Waals surface area contributed by atoms with Crippen LogP contribution < -0.4 is 0 Å². The molecule has 1 fully saturated rings. The van der Waals surface area contributed by atoms with Gasteiger partial charge in [0.15, 0.2) is 6.29 Å². The molecule has 0 amide bonds. The van der Waals surface area contributed by atoms with Crippen molar-refractivity contribution in [1.82, 2.24) is 0 Å². The minimum absolute atomic E-state index is 0.0756. The van der Waals surface area contributed by atoms with E-state index in [1.165, 1.54) is 0 Å². The lowest BCUT2D eigenvalue weighted by Crippen LogP contribution is -2.06. The molecule has 0 radical (unpaired) electrons. The zero-order valence-corrected chi connectivity index (χ0v) is 7.25. The van der Waals surface area contributed by atoms with E-state index in [2.05, 4.69) is 11.8 Å². The lowest BCUT2D eigenvalue weighted by atomic mass is 10.3. The molecule has 0 saturated carbocycles. The Bertz CT molecular complexity index is 172. The van der Waals surface area contributed by atoms with Crippen LogP contribution in [0.2, 0.25) is 0 Å². The standard InChI is InChI=1S/C9H14O3/c1-8(10)4-2-3-5-9-11-6-7-12-9/h8-10H,3,5-7H2,1H3/t8-/m0/s1. The van der Waals surface area contributed by atoms with Gasteiger partial charge in [0.1, 0.15) is 6.10 Å². The van der Waals surface area contributed by atoms with Crippen LogP contribution in [0.3, 0.4) is 0 Å². The molecule has 68 valence electrons. The van der Waals surface area contributed by atoms with E-state index in [1.54, 1.807) is 6.92 Å². The summed E-state index contributed by atoms with van der Waals surface area (Å²) in [6, 6.07) is 0. The largest absolute Gasteiger partial charge is 0.381 e. The van der Waals surface area contributed by atoms with E-state index in [4.69, 9.17) is 14.6 Å². The summed E-state index contributed by atoms with van der Waals surface area (Å²) in [6.45, 7) is 3.03. The minimum Gasteiger partial charge on any atom is -0.381 e. The summed E-state index contributed by atoms with van der Waals surface area (Å²) in [7, 11) is 0. The molecule has 1 rings (SSSR count). The Morgan fingerprint density at radius 2 is 2.17 bits per heavy atom. The highest BCUT2D eigenvalue weighted by molar-refractivity contribution is 5.02. The summed E-state index contributed by atoms with van der Waals surface area (Å²) >= 11 is 0. The number of hydrogen-bond acceptors (Lipinski definition) is 3. The average molecular weight is 170 g/mol. The van der Waals surface area contributed by atoms with Gasteiger partial charge < -0.3 is 14.6 Å². The molecule has 3 nitrogen and oxygen atoms in total. The number of ether oxygens (including phenoxy) is 2. The first-order valence-electron chi connectivity index (χ1n) is 4.18. The van der Waals surface area contributed by atoms with Crippen LogP contribution >= 0.6 is 0 Å². The number of rotatable bonds is 2. The van der Waals surface area contributed by atoms with Gasteiger partial charge in [0, 0.05) is 12.8 Å². The van der Waals surface area contributed by atoms with Gasteiger partial charge in [-0.05, 0) is 6.92 Å². The quantitative estimate of drug-likeness (QED) is 0.614. The highest BCUT2D eigenvalue weighted by Crippen LogP contribution is 2.08. The van der Waals surface area contributed by atoms with Gasteiger partial charge in [-0.15, -0.1) is 5.92 Å². The SMILES string of the molecule is C[C@H](O)C#CCCC1OCCO1. The van der Waals surface area contributed by atoms with Crippen molar-refractivity contribution in [2.24, 2.45) is 0 Å². The Kier molecular flexibility index (Phi) is 4.09. The number of aliphatic hydroxyl groups is 1. The lowest BCUT2D eigenvalue weighted by molar-refractivity contribution is -0.0454. The van der Waals surface area contributed by atoms with Crippen LogP contribution in [0.4, 0.5) is 0 Å². The number of hydrogen-bond donors (Lipinski definition) is 1. The first kappa shape index (κ1) is 9.53. The molecule has 0 bridgehead atoms. The molecule has 0 aliphatic carbocycles. The monoisotopic (exact) mass is 170 g/mol. The summed E-state index contributed by atoms with van der Waals surface area (Å²) in [6.07, 6.45) is 0.902. The van der Waals surface area contributed by atoms with Crippen molar-refractivity contribution < 1.29 is 14.6 Å². The molecule has 1 aliphatic heterocycles. The first-order valence-corrected chi connectivity index (χ1v) is 4.18. The van der Waals surface area contributed by atoms with Crippen LogP contribution in [0.5, 0.6) is 0 Å². The molecule has 1 saturated heterocycles. The summed E-state index contributed by atoms with van der Waals surface area (Å²) in [5.74, 6) is 5.52. The van der Waals surface area contributed by atoms with Crippen LogP contribution in [0.15, 0.2) is 0 Å². The Labute approximate surface area is 72.7 Å². The zero-order valence-electron chi connectivity index (χ0n) is 7.25. The van der Waals surface area contributed by atoms with E-state index < -0.39 is 6.10 Å². The maximum atomic E-state index is 8.81. The molecule has 0 aromatic carbocycles. The van der Waals surface area contributed by atoms with Crippen LogP contribution in [0, 0.1) is 11.8 Å². The van der Waals surface area contributed by atoms with Crippen molar-refractivity contribution in [1.29, 1.82) is 0 Å². The third kappa shape index (κ3) is 3.72. The molecule has 1 atom stereocenters. The fourth-order valence-electron chi connectivity index (χ4n) is 0.984. The van der Waals surface area contributed by atoms with Gasteiger partial charge in [-0.3, -0.25) is 0 Å². The zero-order chi connectivity index (χ0) is 8.81. The molecular formula is C9H14O3. The van der Waals surface area contributed by atoms with Gasteiger partial charge in [-0.1, -0.05) is 5.92 Å². The maximum Gasteiger partial charge on any atom is 0.158 e. The van der Waals surface area contributed by atoms with Gasteiger partial charge in [0.25, 0.3) is 0 Å². The molecule has 0 unspecified atom stereocenters. The van der Waals surface area contributed by atoms with Crippen molar-refractivity contribution in [3.8, 4) is 11.8 Å². The average Bonchev–Trinajstić information content (AvgIpc) is 2.49. The maximum absolute atomic E-state index is 8.81. The molecule has 0 aromatic rings. The van der Waals surface area contributed by atoms with Crippen LogP contribution in [0.1, 0.15) is 19.8 Å². The van der Waals surface area contributed by atoms with Gasteiger partial charge >= 0.3 is 0 Å². The molecule has 0 aromatic heterocycles.